The van der Waals surface area contributed by atoms with Crippen LogP contribution >= 0.6 is 12.4 Å². The maximum absolute atomic E-state index is 13.2. The van der Waals surface area contributed by atoms with Crippen LogP contribution in [0.25, 0.3) is 0 Å². The first-order valence-electron chi connectivity index (χ1n) is 4.34. The molecule has 3 nitrogen and oxygen atoms in total. The molecular formula is C10H15ClFNO2. The molecule has 1 aromatic rings. The molecule has 2 atom stereocenters. The van der Waals surface area contributed by atoms with Crippen LogP contribution in [0, 0.1) is 5.82 Å². The zero-order valence-corrected chi connectivity index (χ0v) is 9.42. The highest BCUT2D eigenvalue weighted by Gasteiger charge is 2.18. The molecule has 0 bridgehead atoms. The van der Waals surface area contributed by atoms with E-state index in [0.29, 0.717) is 5.56 Å². The van der Waals surface area contributed by atoms with Gasteiger partial charge in [0.05, 0.1) is 19.3 Å². The molecule has 1 rings (SSSR count). The standard InChI is InChI=1S/C10H14FNO2.ClH/c1-6(13)9(12)7-4-3-5-8(11)10(7)14-2;/h3-6,9,13H,12H2,1-2H3;1H/t6-,9-;/m1./s1. The van der Waals surface area contributed by atoms with E-state index in [-0.39, 0.29) is 18.2 Å². The molecule has 0 aliphatic carbocycles. The van der Waals surface area contributed by atoms with E-state index >= 15 is 0 Å². The summed E-state index contributed by atoms with van der Waals surface area (Å²) in [6.45, 7) is 1.55. The van der Waals surface area contributed by atoms with E-state index in [1.54, 1.807) is 13.0 Å². The van der Waals surface area contributed by atoms with Crippen molar-refractivity contribution in [3.63, 3.8) is 0 Å². The first-order chi connectivity index (χ1) is 6.57. The van der Waals surface area contributed by atoms with Gasteiger partial charge in [-0.25, -0.2) is 4.39 Å². The smallest absolute Gasteiger partial charge is 0.165 e. The number of halogens is 2. The Morgan fingerprint density at radius 3 is 2.53 bits per heavy atom. The Hall–Kier alpha value is -0.840. The van der Waals surface area contributed by atoms with E-state index in [0.717, 1.165) is 0 Å². The van der Waals surface area contributed by atoms with Gasteiger partial charge in [-0.15, -0.1) is 12.4 Å². The van der Waals surface area contributed by atoms with E-state index in [1.807, 2.05) is 0 Å². The molecule has 1 aromatic carbocycles. The Kier molecular flexibility index (Phi) is 5.57. The van der Waals surface area contributed by atoms with Crippen molar-refractivity contribution in [3.05, 3.63) is 29.6 Å². The first-order valence-corrected chi connectivity index (χ1v) is 4.34. The predicted molar refractivity (Wildman–Crippen MR) is 58.8 cm³/mol. The van der Waals surface area contributed by atoms with Crippen molar-refractivity contribution >= 4 is 12.4 Å². The van der Waals surface area contributed by atoms with Crippen molar-refractivity contribution in [2.45, 2.75) is 19.1 Å². The zero-order chi connectivity index (χ0) is 10.7. The van der Waals surface area contributed by atoms with Crippen molar-refractivity contribution in [1.82, 2.24) is 0 Å². The number of ether oxygens (including phenoxy) is 1. The molecule has 0 spiro atoms. The van der Waals surface area contributed by atoms with Crippen LogP contribution in [0.4, 0.5) is 4.39 Å². The molecule has 5 heteroatoms. The minimum atomic E-state index is -0.745. The zero-order valence-electron chi connectivity index (χ0n) is 8.61. The van der Waals surface area contributed by atoms with Gasteiger partial charge < -0.3 is 15.6 Å². The monoisotopic (exact) mass is 235 g/mol. The van der Waals surface area contributed by atoms with Crippen molar-refractivity contribution in [2.75, 3.05) is 7.11 Å². The second-order valence-corrected chi connectivity index (χ2v) is 3.13. The summed E-state index contributed by atoms with van der Waals surface area (Å²) in [4.78, 5) is 0. The number of methoxy groups -OCH3 is 1. The second-order valence-electron chi connectivity index (χ2n) is 3.13. The predicted octanol–water partition coefficient (Wildman–Crippen LogP) is 1.64. The number of para-hydroxylation sites is 1. The fourth-order valence-electron chi connectivity index (χ4n) is 1.26. The van der Waals surface area contributed by atoms with E-state index in [2.05, 4.69) is 0 Å². The Morgan fingerprint density at radius 2 is 2.07 bits per heavy atom. The number of benzene rings is 1. The summed E-state index contributed by atoms with van der Waals surface area (Å²) in [6, 6.07) is 3.83. The quantitative estimate of drug-likeness (QED) is 0.838. The second kappa shape index (κ2) is 5.90. The lowest BCUT2D eigenvalue weighted by Gasteiger charge is -2.18. The maximum atomic E-state index is 13.2. The molecular weight excluding hydrogens is 221 g/mol. The number of rotatable bonds is 3. The Labute approximate surface area is 94.5 Å². The van der Waals surface area contributed by atoms with E-state index in [4.69, 9.17) is 10.5 Å². The lowest BCUT2D eigenvalue weighted by atomic mass is 10.0. The van der Waals surface area contributed by atoms with Gasteiger partial charge in [0, 0.05) is 5.56 Å². The van der Waals surface area contributed by atoms with Crippen LogP contribution < -0.4 is 10.5 Å². The molecule has 0 aliphatic heterocycles. The Balaban J connectivity index is 0.00000196. The fourth-order valence-corrected chi connectivity index (χ4v) is 1.26. The number of aliphatic hydroxyl groups excluding tert-OH is 1. The highest BCUT2D eigenvalue weighted by atomic mass is 35.5. The summed E-state index contributed by atoms with van der Waals surface area (Å²) in [6.07, 6.45) is -0.745. The van der Waals surface area contributed by atoms with Crippen LogP contribution in [0.5, 0.6) is 5.75 Å². The van der Waals surface area contributed by atoms with Gasteiger partial charge in [-0.1, -0.05) is 12.1 Å². The molecule has 0 aliphatic rings. The third kappa shape index (κ3) is 3.06. The molecule has 0 saturated carbocycles. The number of nitrogens with two attached hydrogens (primary N) is 1. The van der Waals surface area contributed by atoms with E-state index < -0.39 is 18.0 Å². The SMILES string of the molecule is COc1c(F)cccc1[C@H](N)[C@@H](C)O.Cl. The average molecular weight is 236 g/mol. The van der Waals surface area contributed by atoms with Crippen molar-refractivity contribution in [2.24, 2.45) is 5.73 Å². The van der Waals surface area contributed by atoms with Gasteiger partial charge in [-0.3, -0.25) is 0 Å². The Morgan fingerprint density at radius 1 is 1.47 bits per heavy atom. The van der Waals surface area contributed by atoms with Crippen LogP contribution in [-0.2, 0) is 0 Å². The van der Waals surface area contributed by atoms with Crippen LogP contribution in [0.1, 0.15) is 18.5 Å². The van der Waals surface area contributed by atoms with Crippen molar-refractivity contribution in [3.8, 4) is 5.75 Å². The first kappa shape index (κ1) is 14.2. The summed E-state index contributed by atoms with van der Waals surface area (Å²) in [5.74, 6) is -0.373. The highest BCUT2D eigenvalue weighted by molar-refractivity contribution is 5.85. The lowest BCUT2D eigenvalue weighted by molar-refractivity contribution is 0.162. The van der Waals surface area contributed by atoms with E-state index in [1.165, 1.54) is 19.2 Å². The summed E-state index contributed by atoms with van der Waals surface area (Å²) in [5, 5.41) is 9.28. The third-order valence-electron chi connectivity index (χ3n) is 2.08. The van der Waals surface area contributed by atoms with Gasteiger partial charge >= 0.3 is 0 Å². The summed E-state index contributed by atoms with van der Waals surface area (Å²) >= 11 is 0. The van der Waals surface area contributed by atoms with Crippen LogP contribution in [0.15, 0.2) is 18.2 Å². The summed E-state index contributed by atoms with van der Waals surface area (Å²) in [7, 11) is 1.37. The normalized spacial score (nSPS) is 13.9. The van der Waals surface area contributed by atoms with E-state index in [9.17, 15) is 9.50 Å². The topological polar surface area (TPSA) is 55.5 Å². The lowest BCUT2D eigenvalue weighted by Crippen LogP contribution is -2.23. The largest absolute Gasteiger partial charge is 0.493 e. The van der Waals surface area contributed by atoms with Gasteiger partial charge in [0.2, 0.25) is 0 Å². The van der Waals surface area contributed by atoms with Crippen LogP contribution in [0.3, 0.4) is 0 Å². The van der Waals surface area contributed by atoms with Crippen LogP contribution in [0.2, 0.25) is 0 Å². The number of hydrogen-bond acceptors (Lipinski definition) is 3. The fraction of sp³-hybridized carbons (Fsp3) is 0.400. The molecule has 86 valence electrons. The molecule has 0 amide bonds. The molecule has 15 heavy (non-hydrogen) atoms. The molecule has 3 N–H and O–H groups in total. The van der Waals surface area contributed by atoms with Gasteiger partial charge in [-0.2, -0.15) is 0 Å². The average Bonchev–Trinajstić information content (AvgIpc) is 2.16. The van der Waals surface area contributed by atoms with Gasteiger partial charge in [-0.05, 0) is 13.0 Å². The van der Waals surface area contributed by atoms with Gasteiger partial charge in [0.25, 0.3) is 0 Å². The molecule has 0 fully saturated rings. The minimum absolute atomic E-state index is 0. The van der Waals surface area contributed by atoms with Gasteiger partial charge in [0.1, 0.15) is 0 Å². The summed E-state index contributed by atoms with van der Waals surface area (Å²) in [5.41, 5.74) is 6.16. The number of hydrogen-bond donors (Lipinski definition) is 2. The van der Waals surface area contributed by atoms with Gasteiger partial charge in [0.15, 0.2) is 11.6 Å². The molecule has 0 heterocycles. The molecule has 0 radical (unpaired) electrons. The van der Waals surface area contributed by atoms with Crippen LogP contribution in [-0.4, -0.2) is 18.3 Å². The third-order valence-corrected chi connectivity index (χ3v) is 2.08. The van der Waals surface area contributed by atoms with Crippen molar-refractivity contribution in [1.29, 1.82) is 0 Å². The summed E-state index contributed by atoms with van der Waals surface area (Å²) < 4.78 is 18.1. The maximum Gasteiger partial charge on any atom is 0.165 e. The molecule has 0 saturated heterocycles. The molecule has 0 unspecified atom stereocenters. The highest BCUT2D eigenvalue weighted by Crippen LogP contribution is 2.28. The minimum Gasteiger partial charge on any atom is -0.493 e. The molecule has 0 aromatic heterocycles. The van der Waals surface area contributed by atoms with Crippen molar-refractivity contribution < 1.29 is 14.2 Å². The number of aliphatic hydroxyl groups is 1. The Bertz CT molecular complexity index is 320.